The topological polar surface area (TPSA) is 42.1 Å². The fraction of sp³-hybridized carbons (Fsp3) is 0.118. The van der Waals surface area contributed by atoms with Crippen molar-refractivity contribution in [3.63, 3.8) is 0 Å². The van der Waals surface area contributed by atoms with Gasteiger partial charge in [-0.05, 0) is 24.3 Å². The summed E-state index contributed by atoms with van der Waals surface area (Å²) < 4.78 is 57.0. The lowest BCUT2D eigenvalue weighted by Gasteiger charge is -2.10. The highest BCUT2D eigenvalue weighted by Crippen LogP contribution is 2.32. The van der Waals surface area contributed by atoms with Crippen molar-refractivity contribution in [1.82, 2.24) is 4.98 Å². The Morgan fingerprint density at radius 2 is 1.79 bits per heavy atom. The summed E-state index contributed by atoms with van der Waals surface area (Å²) in [6.07, 6.45) is -3.37. The molecule has 0 fully saturated rings. The second-order valence-electron chi connectivity index (χ2n) is 5.14. The summed E-state index contributed by atoms with van der Waals surface area (Å²) in [5.74, 6) is -0.574. The molecule has 0 amide bonds. The predicted molar refractivity (Wildman–Crippen MR) is 81.5 cm³/mol. The first kappa shape index (κ1) is 16.0. The second kappa shape index (κ2) is 5.67. The summed E-state index contributed by atoms with van der Waals surface area (Å²) in [6, 6.07) is 6.77. The standard InChI is InChI=1S/C17H11F4NO2/c1-24-10-3-5-12-15(7-10)22-8-13(16(12)23)11-4-2-9(6-14(11)18)17(19,20)21/h2-8H,1H3,(H,22,23). The number of hydrogen-bond donors (Lipinski definition) is 1. The van der Waals surface area contributed by atoms with Gasteiger partial charge < -0.3 is 9.72 Å². The van der Waals surface area contributed by atoms with Gasteiger partial charge in [-0.25, -0.2) is 4.39 Å². The van der Waals surface area contributed by atoms with Gasteiger partial charge in [-0.1, -0.05) is 6.07 Å². The molecule has 2 aromatic carbocycles. The largest absolute Gasteiger partial charge is 0.497 e. The Bertz CT molecular complexity index is 976. The van der Waals surface area contributed by atoms with Crippen LogP contribution in [0.5, 0.6) is 5.75 Å². The first-order chi connectivity index (χ1) is 11.3. The van der Waals surface area contributed by atoms with E-state index in [9.17, 15) is 22.4 Å². The van der Waals surface area contributed by atoms with Gasteiger partial charge in [-0.3, -0.25) is 4.79 Å². The molecule has 0 aliphatic carbocycles. The van der Waals surface area contributed by atoms with Gasteiger partial charge in [0, 0.05) is 28.8 Å². The minimum absolute atomic E-state index is 0.0427. The number of ether oxygens (including phenoxy) is 1. The van der Waals surface area contributed by atoms with Crippen molar-refractivity contribution < 1.29 is 22.3 Å². The van der Waals surface area contributed by atoms with E-state index >= 15 is 0 Å². The highest BCUT2D eigenvalue weighted by molar-refractivity contribution is 5.84. The zero-order valence-electron chi connectivity index (χ0n) is 12.4. The van der Waals surface area contributed by atoms with Crippen LogP contribution in [0.1, 0.15) is 5.56 Å². The van der Waals surface area contributed by atoms with E-state index in [-0.39, 0.29) is 16.5 Å². The Balaban J connectivity index is 2.17. The normalized spacial score (nSPS) is 11.7. The van der Waals surface area contributed by atoms with Gasteiger partial charge in [0.15, 0.2) is 5.43 Å². The van der Waals surface area contributed by atoms with E-state index in [1.165, 1.54) is 19.4 Å². The van der Waals surface area contributed by atoms with Gasteiger partial charge in [0.2, 0.25) is 0 Å². The summed E-state index contributed by atoms with van der Waals surface area (Å²) >= 11 is 0. The quantitative estimate of drug-likeness (QED) is 0.706. The molecule has 1 aromatic heterocycles. The van der Waals surface area contributed by atoms with Crippen LogP contribution in [0.2, 0.25) is 0 Å². The number of rotatable bonds is 2. The van der Waals surface area contributed by atoms with E-state index in [4.69, 9.17) is 4.74 Å². The first-order valence-corrected chi connectivity index (χ1v) is 6.88. The van der Waals surface area contributed by atoms with Crippen LogP contribution in [0, 0.1) is 5.82 Å². The van der Waals surface area contributed by atoms with Crippen molar-refractivity contribution >= 4 is 10.9 Å². The number of fused-ring (bicyclic) bond motifs is 1. The molecule has 0 radical (unpaired) electrons. The van der Waals surface area contributed by atoms with Crippen LogP contribution in [-0.2, 0) is 6.18 Å². The average molecular weight is 337 g/mol. The van der Waals surface area contributed by atoms with Crippen molar-refractivity contribution in [1.29, 1.82) is 0 Å². The minimum atomic E-state index is -4.65. The summed E-state index contributed by atoms with van der Waals surface area (Å²) in [5.41, 5.74) is -1.34. The molecule has 7 heteroatoms. The van der Waals surface area contributed by atoms with Gasteiger partial charge in [-0.2, -0.15) is 13.2 Å². The zero-order chi connectivity index (χ0) is 17.5. The third-order valence-electron chi connectivity index (χ3n) is 3.67. The van der Waals surface area contributed by atoms with Crippen LogP contribution >= 0.6 is 0 Å². The molecule has 0 aliphatic heterocycles. The van der Waals surface area contributed by atoms with E-state index in [2.05, 4.69) is 4.98 Å². The lowest BCUT2D eigenvalue weighted by Crippen LogP contribution is -2.09. The molecule has 0 aliphatic rings. The van der Waals surface area contributed by atoms with Crippen LogP contribution in [0.4, 0.5) is 17.6 Å². The lowest BCUT2D eigenvalue weighted by molar-refractivity contribution is -0.137. The number of methoxy groups -OCH3 is 1. The number of pyridine rings is 1. The van der Waals surface area contributed by atoms with Gasteiger partial charge in [0.25, 0.3) is 0 Å². The maximum atomic E-state index is 14.1. The fourth-order valence-corrected chi connectivity index (χ4v) is 2.44. The molecule has 0 saturated carbocycles. The maximum Gasteiger partial charge on any atom is 0.416 e. The smallest absolute Gasteiger partial charge is 0.416 e. The third kappa shape index (κ3) is 2.73. The van der Waals surface area contributed by atoms with Gasteiger partial charge >= 0.3 is 6.18 Å². The molecule has 3 rings (SSSR count). The predicted octanol–water partition coefficient (Wildman–Crippen LogP) is 4.36. The molecule has 0 bridgehead atoms. The van der Waals surface area contributed by atoms with Gasteiger partial charge in [0.1, 0.15) is 11.6 Å². The van der Waals surface area contributed by atoms with E-state index in [1.807, 2.05) is 0 Å². The molecule has 3 aromatic rings. The van der Waals surface area contributed by atoms with E-state index < -0.39 is 23.0 Å². The molecule has 0 atom stereocenters. The monoisotopic (exact) mass is 337 g/mol. The molecular formula is C17H11F4NO2. The number of alkyl halides is 3. The Hall–Kier alpha value is -2.83. The third-order valence-corrected chi connectivity index (χ3v) is 3.67. The number of aromatic amines is 1. The number of aromatic nitrogens is 1. The first-order valence-electron chi connectivity index (χ1n) is 6.88. The van der Waals surface area contributed by atoms with Crippen LogP contribution < -0.4 is 10.2 Å². The second-order valence-corrected chi connectivity index (χ2v) is 5.14. The van der Waals surface area contributed by atoms with Crippen LogP contribution in [0.3, 0.4) is 0 Å². The molecule has 0 spiro atoms. The summed E-state index contributed by atoms with van der Waals surface area (Å²) in [7, 11) is 1.48. The number of H-pyrrole nitrogens is 1. The van der Waals surface area contributed by atoms with Gasteiger partial charge in [-0.15, -0.1) is 0 Å². The lowest BCUT2D eigenvalue weighted by atomic mass is 10.0. The highest BCUT2D eigenvalue weighted by Gasteiger charge is 2.31. The van der Waals surface area contributed by atoms with Crippen molar-refractivity contribution in [2.24, 2.45) is 0 Å². The molecule has 1 heterocycles. The molecule has 1 N–H and O–H groups in total. The number of benzene rings is 2. The Morgan fingerprint density at radius 1 is 1.04 bits per heavy atom. The van der Waals surface area contributed by atoms with Crippen LogP contribution in [0.25, 0.3) is 22.0 Å². The van der Waals surface area contributed by atoms with E-state index in [0.29, 0.717) is 17.3 Å². The fourth-order valence-electron chi connectivity index (χ4n) is 2.44. The molecular weight excluding hydrogens is 326 g/mol. The number of hydrogen-bond acceptors (Lipinski definition) is 2. The SMILES string of the molecule is COc1ccc2c(=O)c(-c3ccc(C(F)(F)F)cc3F)c[nH]c2c1. The van der Waals surface area contributed by atoms with Crippen LogP contribution in [0.15, 0.2) is 47.4 Å². The Labute approximate surface area is 133 Å². The van der Waals surface area contributed by atoms with E-state index in [1.54, 1.807) is 12.1 Å². The minimum Gasteiger partial charge on any atom is -0.497 e. The summed E-state index contributed by atoms with van der Waals surface area (Å²) in [4.78, 5) is 15.3. The summed E-state index contributed by atoms with van der Waals surface area (Å²) in [5, 5.41) is 0.285. The van der Waals surface area contributed by atoms with Crippen molar-refractivity contribution in [3.8, 4) is 16.9 Å². The van der Waals surface area contributed by atoms with Crippen molar-refractivity contribution in [3.05, 3.63) is 64.2 Å². The number of halogens is 4. The Kier molecular flexibility index (Phi) is 3.79. The van der Waals surface area contributed by atoms with Crippen molar-refractivity contribution in [2.75, 3.05) is 7.11 Å². The molecule has 24 heavy (non-hydrogen) atoms. The number of nitrogens with one attached hydrogen (secondary N) is 1. The Morgan fingerprint density at radius 3 is 2.42 bits per heavy atom. The van der Waals surface area contributed by atoms with Gasteiger partial charge in [0.05, 0.1) is 18.2 Å². The molecule has 0 unspecified atom stereocenters. The maximum absolute atomic E-state index is 14.1. The molecule has 3 nitrogen and oxygen atoms in total. The van der Waals surface area contributed by atoms with Crippen molar-refractivity contribution in [2.45, 2.75) is 6.18 Å². The van der Waals surface area contributed by atoms with E-state index in [0.717, 1.165) is 12.1 Å². The average Bonchev–Trinajstić information content (AvgIpc) is 2.54. The molecule has 0 saturated heterocycles. The zero-order valence-corrected chi connectivity index (χ0v) is 12.4. The van der Waals surface area contributed by atoms with Crippen LogP contribution in [-0.4, -0.2) is 12.1 Å². The highest BCUT2D eigenvalue weighted by atomic mass is 19.4. The molecule has 124 valence electrons. The summed E-state index contributed by atoms with van der Waals surface area (Å²) in [6.45, 7) is 0.